The monoisotopic (exact) mass is 484 g/mol. The summed E-state index contributed by atoms with van der Waals surface area (Å²) in [6.07, 6.45) is 3.06. The Kier molecular flexibility index (Phi) is 6.49. The number of aromatic nitrogens is 1. The third kappa shape index (κ3) is 4.62. The molecule has 7 nitrogen and oxygen atoms in total. The summed E-state index contributed by atoms with van der Waals surface area (Å²) in [4.78, 5) is 50.3. The molecule has 0 bridgehead atoms. The van der Waals surface area contributed by atoms with Gasteiger partial charge in [-0.2, -0.15) is 0 Å². The number of primary amides is 1. The van der Waals surface area contributed by atoms with Crippen molar-refractivity contribution in [3.63, 3.8) is 0 Å². The van der Waals surface area contributed by atoms with Gasteiger partial charge in [0.2, 0.25) is 0 Å². The lowest BCUT2D eigenvalue weighted by Crippen LogP contribution is -2.51. The molecule has 1 aromatic carbocycles. The van der Waals surface area contributed by atoms with Gasteiger partial charge >= 0.3 is 5.97 Å². The first-order chi connectivity index (χ1) is 15.8. The van der Waals surface area contributed by atoms with Crippen LogP contribution in [-0.2, 0) is 9.53 Å². The number of ketones is 1. The number of benzene rings is 1. The van der Waals surface area contributed by atoms with E-state index in [9.17, 15) is 19.2 Å². The van der Waals surface area contributed by atoms with Gasteiger partial charge in [0, 0.05) is 35.9 Å². The molecule has 1 aliphatic rings. The van der Waals surface area contributed by atoms with E-state index in [1.165, 1.54) is 16.7 Å². The van der Waals surface area contributed by atoms with Gasteiger partial charge in [0.05, 0.1) is 4.34 Å². The third-order valence-corrected chi connectivity index (χ3v) is 7.16. The van der Waals surface area contributed by atoms with Gasteiger partial charge in [-0.1, -0.05) is 17.7 Å². The van der Waals surface area contributed by atoms with Gasteiger partial charge in [-0.15, -0.1) is 11.3 Å². The smallest absolute Gasteiger partial charge is 0.349 e. The Morgan fingerprint density at radius 3 is 2.52 bits per heavy atom. The van der Waals surface area contributed by atoms with Crippen molar-refractivity contribution in [2.24, 2.45) is 11.7 Å². The topological polar surface area (TPSA) is 108 Å². The highest BCUT2D eigenvalue weighted by molar-refractivity contribution is 7.17. The second-order valence-electron chi connectivity index (χ2n) is 7.92. The molecule has 9 heteroatoms. The van der Waals surface area contributed by atoms with E-state index in [2.05, 4.69) is 0 Å². The summed E-state index contributed by atoms with van der Waals surface area (Å²) in [5.74, 6) is -2.16. The highest BCUT2D eigenvalue weighted by atomic mass is 35.5. The van der Waals surface area contributed by atoms with E-state index in [1.54, 1.807) is 48.7 Å². The molecule has 3 aromatic rings. The summed E-state index contributed by atoms with van der Waals surface area (Å²) in [5.41, 5.74) is 5.03. The van der Waals surface area contributed by atoms with Crippen LogP contribution < -0.4 is 11.3 Å². The SMILES string of the molecule is NC(=O)C1(OC(=O)c2ccc(Cl)s2)CCCC1CC(=O)c1ccc(-n2ccccc2=O)cc1. The molecular formula is C24H21ClN2O5S. The lowest BCUT2D eigenvalue weighted by Gasteiger charge is -2.31. The van der Waals surface area contributed by atoms with Crippen molar-refractivity contribution in [1.82, 2.24) is 4.57 Å². The number of nitrogens with two attached hydrogens (primary N) is 1. The van der Waals surface area contributed by atoms with Crippen LogP contribution in [0.1, 0.15) is 45.7 Å². The Bertz CT molecular complexity index is 1270. The zero-order chi connectivity index (χ0) is 23.6. The number of hydrogen-bond donors (Lipinski definition) is 1. The molecule has 0 spiro atoms. The molecule has 1 aliphatic carbocycles. The number of hydrogen-bond acceptors (Lipinski definition) is 6. The van der Waals surface area contributed by atoms with Crippen LogP contribution in [0.5, 0.6) is 0 Å². The standard InChI is InChI=1S/C24H21ClN2O5S/c25-20-11-10-19(33-20)22(30)32-24(23(26)31)12-3-4-16(24)14-18(28)15-6-8-17(9-7-15)27-13-2-1-5-21(27)29/h1-2,5-11,13,16H,3-4,12,14H2,(H2,26,31). The molecule has 0 radical (unpaired) electrons. The van der Waals surface area contributed by atoms with Crippen molar-refractivity contribution in [2.75, 3.05) is 0 Å². The molecule has 170 valence electrons. The van der Waals surface area contributed by atoms with Crippen molar-refractivity contribution < 1.29 is 19.1 Å². The summed E-state index contributed by atoms with van der Waals surface area (Å²) in [5, 5.41) is 0. The third-order valence-electron chi connectivity index (χ3n) is 5.95. The Morgan fingerprint density at radius 2 is 1.88 bits per heavy atom. The molecule has 1 amide bonds. The Balaban J connectivity index is 1.52. The van der Waals surface area contributed by atoms with Gasteiger partial charge in [-0.3, -0.25) is 19.0 Å². The van der Waals surface area contributed by atoms with Gasteiger partial charge in [-0.25, -0.2) is 4.79 Å². The number of carbonyl (C=O) groups is 3. The fraction of sp³-hybridized carbons (Fsp3) is 0.250. The van der Waals surface area contributed by atoms with Gasteiger partial charge in [0.25, 0.3) is 11.5 Å². The van der Waals surface area contributed by atoms with Crippen molar-refractivity contribution in [3.05, 3.63) is 85.9 Å². The number of amides is 1. The highest BCUT2D eigenvalue weighted by Crippen LogP contribution is 2.42. The predicted molar refractivity (Wildman–Crippen MR) is 125 cm³/mol. The number of esters is 1. The van der Waals surface area contributed by atoms with Crippen LogP contribution in [0.25, 0.3) is 5.69 Å². The van der Waals surface area contributed by atoms with E-state index in [-0.39, 0.29) is 29.1 Å². The van der Waals surface area contributed by atoms with E-state index < -0.39 is 23.4 Å². The molecule has 2 aromatic heterocycles. The van der Waals surface area contributed by atoms with Crippen molar-refractivity contribution in [3.8, 4) is 5.69 Å². The molecule has 2 N–H and O–H groups in total. The summed E-state index contributed by atoms with van der Waals surface area (Å²) in [7, 11) is 0. The molecule has 1 fully saturated rings. The number of nitrogens with zero attached hydrogens (tertiary/aromatic N) is 1. The maximum absolute atomic E-state index is 13.0. The van der Waals surface area contributed by atoms with Crippen LogP contribution in [0.2, 0.25) is 4.34 Å². The minimum absolute atomic E-state index is 0.00600. The van der Waals surface area contributed by atoms with Crippen molar-refractivity contribution in [1.29, 1.82) is 0 Å². The maximum Gasteiger partial charge on any atom is 0.349 e. The van der Waals surface area contributed by atoms with Gasteiger partial charge in [-0.05, 0) is 61.7 Å². The average molecular weight is 485 g/mol. The lowest BCUT2D eigenvalue weighted by molar-refractivity contribution is -0.141. The molecule has 0 saturated heterocycles. The number of ether oxygens (including phenoxy) is 1. The quantitative estimate of drug-likeness (QED) is 0.402. The summed E-state index contributed by atoms with van der Waals surface area (Å²) < 4.78 is 7.54. The molecule has 1 saturated carbocycles. The highest BCUT2D eigenvalue weighted by Gasteiger charge is 2.52. The normalized spacial score (nSPS) is 19.8. The largest absolute Gasteiger partial charge is 0.444 e. The average Bonchev–Trinajstić information content (AvgIpc) is 3.41. The molecular weight excluding hydrogens is 464 g/mol. The van der Waals surface area contributed by atoms with Gasteiger partial charge in [0.15, 0.2) is 11.4 Å². The van der Waals surface area contributed by atoms with E-state index in [1.807, 2.05) is 0 Å². The van der Waals surface area contributed by atoms with Gasteiger partial charge < -0.3 is 10.5 Å². The number of rotatable bonds is 7. The Morgan fingerprint density at radius 1 is 1.12 bits per heavy atom. The fourth-order valence-corrected chi connectivity index (χ4v) is 5.17. The second kappa shape index (κ2) is 9.33. The Labute approximate surface area is 198 Å². The molecule has 2 unspecified atom stereocenters. The first kappa shape index (κ1) is 22.9. The van der Waals surface area contributed by atoms with Crippen LogP contribution >= 0.6 is 22.9 Å². The number of carbonyl (C=O) groups excluding carboxylic acids is 3. The molecule has 4 rings (SSSR count). The first-order valence-corrected chi connectivity index (χ1v) is 11.6. The van der Waals surface area contributed by atoms with Crippen LogP contribution in [0, 0.1) is 5.92 Å². The van der Waals surface area contributed by atoms with Crippen LogP contribution in [0.4, 0.5) is 0 Å². The summed E-state index contributed by atoms with van der Waals surface area (Å²) >= 11 is 6.95. The van der Waals surface area contributed by atoms with Crippen LogP contribution in [0.3, 0.4) is 0 Å². The molecule has 2 atom stereocenters. The number of pyridine rings is 1. The zero-order valence-electron chi connectivity index (χ0n) is 17.5. The maximum atomic E-state index is 13.0. The zero-order valence-corrected chi connectivity index (χ0v) is 19.1. The minimum atomic E-state index is -1.54. The van der Waals surface area contributed by atoms with Crippen molar-refractivity contribution in [2.45, 2.75) is 31.3 Å². The van der Waals surface area contributed by atoms with E-state index in [0.29, 0.717) is 28.4 Å². The molecule has 2 heterocycles. The van der Waals surface area contributed by atoms with Crippen molar-refractivity contribution >= 4 is 40.6 Å². The number of halogens is 1. The van der Waals surface area contributed by atoms with Crippen LogP contribution in [-0.4, -0.2) is 27.8 Å². The predicted octanol–water partition coefficient (Wildman–Crippen LogP) is 4.01. The molecule has 33 heavy (non-hydrogen) atoms. The Hall–Kier alpha value is -3.23. The first-order valence-electron chi connectivity index (χ1n) is 10.4. The molecule has 0 aliphatic heterocycles. The van der Waals surface area contributed by atoms with Crippen LogP contribution in [0.15, 0.2) is 65.6 Å². The summed E-state index contributed by atoms with van der Waals surface area (Å²) in [6, 6.07) is 14.6. The van der Waals surface area contributed by atoms with Gasteiger partial charge in [0.1, 0.15) is 4.88 Å². The number of Topliss-reactive ketones (excluding diaryl/α,β-unsaturated/α-hetero) is 1. The van der Waals surface area contributed by atoms with E-state index >= 15 is 0 Å². The van der Waals surface area contributed by atoms with E-state index in [4.69, 9.17) is 22.1 Å². The summed E-state index contributed by atoms with van der Waals surface area (Å²) in [6.45, 7) is 0. The minimum Gasteiger partial charge on any atom is -0.444 e. The second-order valence-corrected chi connectivity index (χ2v) is 9.63. The lowest BCUT2D eigenvalue weighted by atomic mass is 9.84. The van der Waals surface area contributed by atoms with E-state index in [0.717, 1.165) is 11.3 Å². The number of thiophene rings is 1. The fourth-order valence-electron chi connectivity index (χ4n) is 4.25.